The van der Waals surface area contributed by atoms with Crippen LogP contribution in [-0.4, -0.2) is 28.5 Å². The standard InChI is InChI=1S/C15H15ClN2O4S/c1-17-23(20,21)14-9-10(3-8-13(14)22-2)15(19)18-12-6-4-11(16)5-7-12/h3-9,17H,1-2H3,(H,18,19). The van der Waals surface area contributed by atoms with Crippen molar-refractivity contribution in [3.63, 3.8) is 0 Å². The van der Waals surface area contributed by atoms with Gasteiger partial charge < -0.3 is 10.1 Å². The van der Waals surface area contributed by atoms with Crippen molar-refractivity contribution in [1.82, 2.24) is 4.72 Å². The fraction of sp³-hybridized carbons (Fsp3) is 0.133. The number of hydrogen-bond donors (Lipinski definition) is 2. The Hall–Kier alpha value is -2.09. The molecule has 0 saturated carbocycles. The lowest BCUT2D eigenvalue weighted by atomic mass is 10.2. The van der Waals surface area contributed by atoms with Gasteiger partial charge in [-0.05, 0) is 49.5 Å². The molecule has 0 aliphatic heterocycles. The number of rotatable bonds is 5. The highest BCUT2D eigenvalue weighted by Crippen LogP contribution is 2.25. The topological polar surface area (TPSA) is 84.5 Å². The zero-order valence-corrected chi connectivity index (χ0v) is 14.0. The summed E-state index contributed by atoms with van der Waals surface area (Å²) in [6.07, 6.45) is 0. The summed E-state index contributed by atoms with van der Waals surface area (Å²) in [7, 11) is -1.10. The van der Waals surface area contributed by atoms with E-state index in [1.165, 1.54) is 32.4 Å². The molecule has 0 aromatic heterocycles. The molecule has 6 nitrogen and oxygen atoms in total. The third-order valence-corrected chi connectivity index (χ3v) is 4.77. The molecule has 0 heterocycles. The summed E-state index contributed by atoms with van der Waals surface area (Å²) in [5, 5.41) is 3.22. The van der Waals surface area contributed by atoms with E-state index in [9.17, 15) is 13.2 Å². The van der Waals surface area contributed by atoms with Gasteiger partial charge in [-0.3, -0.25) is 4.79 Å². The van der Waals surface area contributed by atoms with Crippen LogP contribution in [0.5, 0.6) is 5.75 Å². The van der Waals surface area contributed by atoms with Gasteiger partial charge >= 0.3 is 0 Å². The number of amides is 1. The number of carbonyl (C=O) groups is 1. The maximum atomic E-state index is 12.3. The molecule has 2 N–H and O–H groups in total. The molecule has 122 valence electrons. The minimum Gasteiger partial charge on any atom is -0.495 e. The molecule has 0 radical (unpaired) electrons. The average Bonchev–Trinajstić information content (AvgIpc) is 2.56. The summed E-state index contributed by atoms with van der Waals surface area (Å²) in [6.45, 7) is 0. The van der Waals surface area contributed by atoms with Gasteiger partial charge in [0.2, 0.25) is 10.0 Å². The first kappa shape index (κ1) is 17.3. The number of carbonyl (C=O) groups excluding carboxylic acids is 1. The van der Waals surface area contributed by atoms with Crippen molar-refractivity contribution in [2.45, 2.75) is 4.90 Å². The van der Waals surface area contributed by atoms with E-state index in [-0.39, 0.29) is 16.2 Å². The number of benzene rings is 2. The van der Waals surface area contributed by atoms with Crippen LogP contribution in [-0.2, 0) is 10.0 Å². The van der Waals surface area contributed by atoms with E-state index in [0.29, 0.717) is 10.7 Å². The number of methoxy groups -OCH3 is 1. The summed E-state index contributed by atoms with van der Waals surface area (Å²) in [6, 6.07) is 10.8. The van der Waals surface area contributed by atoms with Gasteiger partial charge in [0, 0.05) is 16.3 Å². The van der Waals surface area contributed by atoms with Crippen molar-refractivity contribution in [2.75, 3.05) is 19.5 Å². The molecule has 2 rings (SSSR count). The predicted molar refractivity (Wildman–Crippen MR) is 88.6 cm³/mol. The summed E-state index contributed by atoms with van der Waals surface area (Å²) in [5.41, 5.74) is 0.739. The van der Waals surface area contributed by atoms with E-state index >= 15 is 0 Å². The minimum absolute atomic E-state index is 0.105. The fourth-order valence-corrected chi connectivity index (χ4v) is 2.92. The lowest BCUT2D eigenvalue weighted by molar-refractivity contribution is 0.102. The molecule has 0 aliphatic rings. The molecule has 0 saturated heterocycles. The van der Waals surface area contributed by atoms with Gasteiger partial charge in [-0.25, -0.2) is 13.1 Å². The highest BCUT2D eigenvalue weighted by Gasteiger charge is 2.20. The first-order valence-electron chi connectivity index (χ1n) is 6.56. The van der Waals surface area contributed by atoms with E-state index in [2.05, 4.69) is 10.0 Å². The van der Waals surface area contributed by atoms with Crippen LogP contribution in [0.1, 0.15) is 10.4 Å². The van der Waals surface area contributed by atoms with Crippen LogP contribution < -0.4 is 14.8 Å². The van der Waals surface area contributed by atoms with Gasteiger partial charge in [-0.2, -0.15) is 0 Å². The van der Waals surface area contributed by atoms with Gasteiger partial charge in [0.05, 0.1) is 7.11 Å². The highest BCUT2D eigenvalue weighted by molar-refractivity contribution is 7.89. The maximum absolute atomic E-state index is 12.3. The Labute approximate surface area is 139 Å². The maximum Gasteiger partial charge on any atom is 0.255 e. The second-order valence-electron chi connectivity index (χ2n) is 4.53. The van der Waals surface area contributed by atoms with E-state index < -0.39 is 15.9 Å². The molecule has 0 atom stereocenters. The third-order valence-electron chi connectivity index (χ3n) is 3.09. The molecule has 23 heavy (non-hydrogen) atoms. The molecule has 0 spiro atoms. The molecule has 8 heteroatoms. The number of ether oxygens (including phenoxy) is 1. The van der Waals surface area contributed by atoms with Crippen molar-refractivity contribution in [1.29, 1.82) is 0 Å². The molecule has 2 aromatic carbocycles. The second-order valence-corrected chi connectivity index (χ2v) is 6.83. The summed E-state index contributed by atoms with van der Waals surface area (Å²) < 4.78 is 31.3. The number of hydrogen-bond acceptors (Lipinski definition) is 4. The van der Waals surface area contributed by atoms with Crippen molar-refractivity contribution in [3.05, 3.63) is 53.1 Å². The summed E-state index contributed by atoms with van der Waals surface area (Å²) >= 11 is 5.79. The van der Waals surface area contributed by atoms with Crippen molar-refractivity contribution in [3.8, 4) is 5.75 Å². The van der Waals surface area contributed by atoms with E-state index in [1.54, 1.807) is 24.3 Å². The second kappa shape index (κ2) is 6.99. The van der Waals surface area contributed by atoms with Gasteiger partial charge in [0.1, 0.15) is 10.6 Å². The van der Waals surface area contributed by atoms with Crippen LogP contribution in [0.3, 0.4) is 0 Å². The van der Waals surface area contributed by atoms with Crippen molar-refractivity contribution >= 4 is 33.2 Å². The van der Waals surface area contributed by atoms with Crippen LogP contribution in [0.15, 0.2) is 47.4 Å². The number of halogens is 1. The Morgan fingerprint density at radius 3 is 2.35 bits per heavy atom. The molecule has 0 fully saturated rings. The van der Waals surface area contributed by atoms with Crippen LogP contribution >= 0.6 is 11.6 Å². The fourth-order valence-electron chi connectivity index (χ4n) is 1.87. The van der Waals surface area contributed by atoms with Gasteiger partial charge in [0.25, 0.3) is 5.91 Å². The quantitative estimate of drug-likeness (QED) is 0.864. The van der Waals surface area contributed by atoms with Crippen LogP contribution in [0.4, 0.5) is 5.69 Å². The average molecular weight is 355 g/mol. The Kier molecular flexibility index (Phi) is 5.25. The van der Waals surface area contributed by atoms with Crippen LogP contribution in [0.25, 0.3) is 0 Å². The van der Waals surface area contributed by atoms with Gasteiger partial charge in [-0.1, -0.05) is 11.6 Å². The Morgan fingerprint density at radius 2 is 1.78 bits per heavy atom. The smallest absolute Gasteiger partial charge is 0.255 e. The first-order chi connectivity index (χ1) is 10.9. The third kappa shape index (κ3) is 4.01. The number of nitrogens with one attached hydrogen (secondary N) is 2. The predicted octanol–water partition coefficient (Wildman–Crippen LogP) is 2.51. The number of anilines is 1. The monoisotopic (exact) mass is 354 g/mol. The van der Waals surface area contributed by atoms with E-state index in [1.807, 2.05) is 0 Å². The summed E-state index contributed by atoms with van der Waals surface area (Å²) in [4.78, 5) is 12.2. The van der Waals surface area contributed by atoms with Gasteiger partial charge in [0.15, 0.2) is 0 Å². The molecular weight excluding hydrogens is 340 g/mol. The Balaban J connectivity index is 2.34. The lowest BCUT2D eigenvalue weighted by Gasteiger charge is -2.11. The molecule has 0 aliphatic carbocycles. The molecule has 0 bridgehead atoms. The molecular formula is C15H15ClN2O4S. The minimum atomic E-state index is -3.75. The van der Waals surface area contributed by atoms with E-state index in [0.717, 1.165) is 0 Å². The number of sulfonamides is 1. The summed E-state index contributed by atoms with van der Waals surface area (Å²) in [5.74, 6) is -0.287. The van der Waals surface area contributed by atoms with E-state index in [4.69, 9.17) is 16.3 Å². The normalized spacial score (nSPS) is 11.1. The molecule has 0 unspecified atom stereocenters. The van der Waals surface area contributed by atoms with Gasteiger partial charge in [-0.15, -0.1) is 0 Å². The lowest BCUT2D eigenvalue weighted by Crippen LogP contribution is -2.20. The largest absolute Gasteiger partial charge is 0.495 e. The van der Waals surface area contributed by atoms with Crippen molar-refractivity contribution in [2.24, 2.45) is 0 Å². The van der Waals surface area contributed by atoms with Crippen LogP contribution in [0, 0.1) is 0 Å². The first-order valence-corrected chi connectivity index (χ1v) is 8.42. The molecule has 2 aromatic rings. The zero-order chi connectivity index (χ0) is 17.0. The molecule has 1 amide bonds. The SMILES string of the molecule is CNS(=O)(=O)c1cc(C(=O)Nc2ccc(Cl)cc2)ccc1OC. The van der Waals surface area contributed by atoms with Crippen molar-refractivity contribution < 1.29 is 17.9 Å². The Bertz CT molecular complexity index is 820. The van der Waals surface area contributed by atoms with Crippen LogP contribution in [0.2, 0.25) is 5.02 Å². The Morgan fingerprint density at radius 1 is 1.13 bits per heavy atom. The highest BCUT2D eigenvalue weighted by atomic mass is 35.5. The zero-order valence-electron chi connectivity index (χ0n) is 12.5.